The first-order valence-electron chi connectivity index (χ1n) is 11.3. The van der Waals surface area contributed by atoms with E-state index >= 15 is 0 Å². The lowest BCUT2D eigenvalue weighted by Gasteiger charge is -2.34. The van der Waals surface area contributed by atoms with Crippen molar-refractivity contribution >= 4 is 21.9 Å². The molecule has 0 aromatic heterocycles. The number of benzene rings is 2. The number of hydrogen-bond donors (Lipinski definition) is 2. The van der Waals surface area contributed by atoms with Crippen molar-refractivity contribution in [2.24, 2.45) is 0 Å². The van der Waals surface area contributed by atoms with Gasteiger partial charge < -0.3 is 15.2 Å². The maximum atomic E-state index is 13.6. The molecule has 190 valence electrons. The summed E-state index contributed by atoms with van der Waals surface area (Å²) in [5.74, 6) is -2.19. The number of hydrogen-bond acceptors (Lipinski definition) is 5. The van der Waals surface area contributed by atoms with Crippen LogP contribution in [-0.2, 0) is 26.0 Å². The summed E-state index contributed by atoms with van der Waals surface area (Å²) in [6.07, 6.45) is 1.57. The minimum atomic E-state index is -4.16. The Morgan fingerprint density at radius 1 is 1.17 bits per heavy atom. The highest BCUT2D eigenvalue weighted by atomic mass is 32.2. The minimum Gasteiger partial charge on any atom is -0.494 e. The molecule has 8 nitrogen and oxygen atoms in total. The third kappa shape index (κ3) is 6.98. The van der Waals surface area contributed by atoms with Crippen molar-refractivity contribution in [3.63, 3.8) is 0 Å². The molecule has 1 saturated heterocycles. The normalized spacial score (nSPS) is 17.5. The molecule has 2 aromatic rings. The van der Waals surface area contributed by atoms with Crippen LogP contribution in [0.5, 0.6) is 5.75 Å². The summed E-state index contributed by atoms with van der Waals surface area (Å²) in [5.41, 5.74) is 0.614. The SMILES string of the molecule is O=C(O)C(Cc1ccc(OCCCF)cc1)NC(=O)C1CCCCN1S(=O)(=O)c1cccc(F)c1. The average Bonchev–Trinajstić information content (AvgIpc) is 2.84. The number of carboxylic acids is 1. The van der Waals surface area contributed by atoms with Crippen molar-refractivity contribution < 1.29 is 36.6 Å². The molecule has 0 spiro atoms. The summed E-state index contributed by atoms with van der Waals surface area (Å²) in [6, 6.07) is 8.70. The number of nitrogens with zero attached hydrogens (tertiary/aromatic N) is 1. The van der Waals surface area contributed by atoms with E-state index in [9.17, 15) is 31.9 Å². The van der Waals surface area contributed by atoms with Gasteiger partial charge in [0.1, 0.15) is 23.7 Å². The first kappa shape index (κ1) is 26.6. The van der Waals surface area contributed by atoms with Gasteiger partial charge >= 0.3 is 5.97 Å². The van der Waals surface area contributed by atoms with Crippen LogP contribution in [0, 0.1) is 5.82 Å². The predicted octanol–water partition coefficient (Wildman–Crippen LogP) is 2.92. The quantitative estimate of drug-likeness (QED) is 0.450. The fourth-order valence-corrected chi connectivity index (χ4v) is 5.58. The number of carboxylic acid groups (broad SMARTS) is 1. The fourth-order valence-electron chi connectivity index (χ4n) is 3.89. The van der Waals surface area contributed by atoms with Gasteiger partial charge in [0, 0.05) is 19.4 Å². The van der Waals surface area contributed by atoms with Crippen LogP contribution in [0.4, 0.5) is 8.78 Å². The number of amides is 1. The van der Waals surface area contributed by atoms with E-state index in [0.29, 0.717) is 24.2 Å². The van der Waals surface area contributed by atoms with Gasteiger partial charge in [-0.2, -0.15) is 4.31 Å². The Morgan fingerprint density at radius 3 is 2.57 bits per heavy atom. The predicted molar refractivity (Wildman–Crippen MR) is 124 cm³/mol. The molecular formula is C24H28F2N2O6S. The van der Waals surface area contributed by atoms with Crippen molar-refractivity contribution in [1.29, 1.82) is 0 Å². The van der Waals surface area contributed by atoms with Crippen molar-refractivity contribution in [2.45, 2.75) is 49.1 Å². The number of nitrogens with one attached hydrogen (secondary N) is 1. The van der Waals surface area contributed by atoms with Gasteiger partial charge in [-0.05, 0) is 48.7 Å². The van der Waals surface area contributed by atoms with E-state index in [1.54, 1.807) is 24.3 Å². The summed E-state index contributed by atoms with van der Waals surface area (Å²) in [7, 11) is -4.16. The van der Waals surface area contributed by atoms with Crippen LogP contribution in [0.3, 0.4) is 0 Å². The summed E-state index contributed by atoms with van der Waals surface area (Å²) >= 11 is 0. The number of alkyl halides is 1. The van der Waals surface area contributed by atoms with Crippen molar-refractivity contribution in [3.8, 4) is 5.75 Å². The molecule has 2 unspecified atom stereocenters. The molecule has 0 saturated carbocycles. The smallest absolute Gasteiger partial charge is 0.326 e. The average molecular weight is 511 g/mol. The highest BCUT2D eigenvalue weighted by Crippen LogP contribution is 2.26. The van der Waals surface area contributed by atoms with Crippen LogP contribution >= 0.6 is 0 Å². The van der Waals surface area contributed by atoms with Crippen molar-refractivity contribution in [2.75, 3.05) is 19.8 Å². The Hall–Kier alpha value is -3.05. The van der Waals surface area contributed by atoms with Crippen LogP contribution < -0.4 is 10.1 Å². The van der Waals surface area contributed by atoms with Crippen LogP contribution in [0.2, 0.25) is 0 Å². The standard InChI is InChI=1S/C24H28F2N2O6S/c25-12-4-14-34-19-10-8-17(9-11-19)15-21(24(30)31)27-23(29)22-7-1-2-13-28(22)35(32,33)20-6-3-5-18(26)16-20/h3,5-6,8-11,16,21-22H,1-2,4,7,12-15H2,(H,27,29)(H,30,31). The number of carbonyl (C=O) groups excluding carboxylic acids is 1. The summed E-state index contributed by atoms with van der Waals surface area (Å²) < 4.78 is 58.5. The first-order chi connectivity index (χ1) is 16.7. The van der Waals surface area contributed by atoms with Gasteiger partial charge in [-0.1, -0.05) is 24.6 Å². The highest BCUT2D eigenvalue weighted by Gasteiger charge is 2.39. The molecular weight excluding hydrogens is 482 g/mol. The summed E-state index contributed by atoms with van der Waals surface area (Å²) in [6.45, 7) is -0.196. The highest BCUT2D eigenvalue weighted by molar-refractivity contribution is 7.89. The van der Waals surface area contributed by atoms with E-state index in [2.05, 4.69) is 5.32 Å². The van der Waals surface area contributed by atoms with E-state index in [4.69, 9.17) is 4.74 Å². The van der Waals surface area contributed by atoms with Crippen LogP contribution in [0.25, 0.3) is 0 Å². The van der Waals surface area contributed by atoms with Gasteiger partial charge in [0.05, 0.1) is 18.2 Å². The fraction of sp³-hybridized carbons (Fsp3) is 0.417. The maximum absolute atomic E-state index is 13.6. The molecule has 0 radical (unpaired) electrons. The number of halogens is 2. The summed E-state index contributed by atoms with van der Waals surface area (Å²) in [4.78, 5) is 24.6. The molecule has 35 heavy (non-hydrogen) atoms. The number of sulfonamides is 1. The van der Waals surface area contributed by atoms with Gasteiger partial charge in [0.25, 0.3) is 0 Å². The van der Waals surface area contributed by atoms with Crippen LogP contribution in [0.15, 0.2) is 53.4 Å². The molecule has 1 aliphatic heterocycles. The van der Waals surface area contributed by atoms with Gasteiger partial charge in [-0.25, -0.2) is 17.6 Å². The van der Waals surface area contributed by atoms with E-state index in [-0.39, 0.29) is 37.3 Å². The third-order valence-corrected chi connectivity index (χ3v) is 7.59. The lowest BCUT2D eigenvalue weighted by atomic mass is 10.0. The maximum Gasteiger partial charge on any atom is 0.326 e. The Kier molecular flexibility index (Phi) is 9.16. The van der Waals surface area contributed by atoms with Gasteiger partial charge in [-0.15, -0.1) is 0 Å². The molecule has 1 amide bonds. The molecule has 0 bridgehead atoms. The van der Waals surface area contributed by atoms with Crippen LogP contribution in [0.1, 0.15) is 31.2 Å². The zero-order valence-corrected chi connectivity index (χ0v) is 19.8. The summed E-state index contributed by atoms with van der Waals surface area (Å²) in [5, 5.41) is 12.1. The number of rotatable bonds is 11. The number of piperidine rings is 1. The van der Waals surface area contributed by atoms with Gasteiger partial charge in [-0.3, -0.25) is 9.18 Å². The lowest BCUT2D eigenvalue weighted by Crippen LogP contribution is -2.55. The molecule has 0 aliphatic carbocycles. The third-order valence-electron chi connectivity index (χ3n) is 5.68. The topological polar surface area (TPSA) is 113 Å². The first-order valence-corrected chi connectivity index (χ1v) is 12.7. The number of ether oxygens (including phenoxy) is 1. The van der Waals surface area contributed by atoms with Crippen LogP contribution in [-0.4, -0.2) is 61.6 Å². The second-order valence-electron chi connectivity index (χ2n) is 8.22. The molecule has 2 atom stereocenters. The molecule has 1 fully saturated rings. The molecule has 1 heterocycles. The molecule has 3 rings (SSSR count). The minimum absolute atomic E-state index is 0.0325. The molecule has 2 N–H and O–H groups in total. The van der Waals surface area contributed by atoms with Crippen molar-refractivity contribution in [1.82, 2.24) is 9.62 Å². The zero-order chi connectivity index (χ0) is 25.4. The Morgan fingerprint density at radius 2 is 1.91 bits per heavy atom. The lowest BCUT2D eigenvalue weighted by molar-refractivity contribution is -0.142. The molecule has 1 aliphatic rings. The largest absolute Gasteiger partial charge is 0.494 e. The Bertz CT molecular complexity index is 1130. The molecule has 2 aromatic carbocycles. The van der Waals surface area contributed by atoms with Gasteiger partial charge in [0.2, 0.25) is 15.9 Å². The number of aliphatic carboxylic acids is 1. The Labute approximate surface area is 202 Å². The van der Waals surface area contributed by atoms with Gasteiger partial charge in [0.15, 0.2) is 0 Å². The van der Waals surface area contributed by atoms with Crippen molar-refractivity contribution in [3.05, 3.63) is 59.9 Å². The second kappa shape index (κ2) is 12.1. The van der Waals surface area contributed by atoms with E-state index in [1.165, 1.54) is 12.1 Å². The van der Waals surface area contributed by atoms with E-state index < -0.39 is 46.5 Å². The zero-order valence-electron chi connectivity index (χ0n) is 19.0. The second-order valence-corrected chi connectivity index (χ2v) is 10.1. The van der Waals surface area contributed by atoms with E-state index in [1.807, 2.05) is 0 Å². The molecule has 11 heteroatoms. The van der Waals surface area contributed by atoms with E-state index in [0.717, 1.165) is 16.4 Å². The Balaban J connectivity index is 1.71. The monoisotopic (exact) mass is 510 g/mol. The number of carbonyl (C=O) groups is 2.